The largest absolute Gasteiger partial charge is 0.444 e. The average molecular weight is 454 g/mol. The molecule has 2 aromatic heterocycles. The van der Waals surface area contributed by atoms with Gasteiger partial charge in [-0.1, -0.05) is 12.8 Å². The van der Waals surface area contributed by atoms with Crippen molar-refractivity contribution in [3.63, 3.8) is 0 Å². The maximum atomic E-state index is 12.4. The van der Waals surface area contributed by atoms with Gasteiger partial charge in [0.15, 0.2) is 5.82 Å². The Hall–Kier alpha value is -2.84. The number of likely N-dealkylation sites (tertiary alicyclic amines) is 1. The predicted octanol–water partition coefficient (Wildman–Crippen LogP) is 4.44. The molecule has 178 valence electrons. The zero-order valence-corrected chi connectivity index (χ0v) is 19.9. The molecule has 1 saturated carbocycles. The van der Waals surface area contributed by atoms with Gasteiger partial charge in [-0.3, -0.25) is 5.10 Å². The molecule has 3 aliphatic rings. The molecule has 3 fully saturated rings. The number of carbonyl (C=O) groups excluding carboxylic acids is 1. The number of carbonyl (C=O) groups is 1. The van der Waals surface area contributed by atoms with Gasteiger partial charge in [0.2, 0.25) is 5.95 Å². The van der Waals surface area contributed by atoms with Crippen molar-refractivity contribution in [1.29, 1.82) is 0 Å². The minimum atomic E-state index is -0.466. The summed E-state index contributed by atoms with van der Waals surface area (Å²) >= 11 is 0. The van der Waals surface area contributed by atoms with E-state index < -0.39 is 5.60 Å². The minimum absolute atomic E-state index is 0.0975. The molecular formula is C24H35N7O2. The highest BCUT2D eigenvalue weighted by molar-refractivity contribution is 5.69. The summed E-state index contributed by atoms with van der Waals surface area (Å²) in [5.41, 5.74) is 0.841. The number of aromatic nitrogens is 4. The molecule has 0 unspecified atom stereocenters. The van der Waals surface area contributed by atoms with Crippen LogP contribution in [0.1, 0.15) is 70.9 Å². The third kappa shape index (κ3) is 4.91. The van der Waals surface area contributed by atoms with Crippen molar-refractivity contribution in [3.8, 4) is 0 Å². The zero-order chi connectivity index (χ0) is 23.1. The van der Waals surface area contributed by atoms with Crippen LogP contribution in [-0.4, -0.2) is 62.9 Å². The van der Waals surface area contributed by atoms with Gasteiger partial charge in [-0.05, 0) is 52.5 Å². The third-order valence-electron chi connectivity index (χ3n) is 6.94. The van der Waals surface area contributed by atoms with Crippen LogP contribution in [0.15, 0.2) is 18.3 Å². The summed E-state index contributed by atoms with van der Waals surface area (Å²) in [5.74, 6) is 2.86. The molecule has 2 N–H and O–H groups in total. The molecule has 9 nitrogen and oxygen atoms in total. The number of nitrogens with one attached hydrogen (secondary N) is 2. The second kappa shape index (κ2) is 8.50. The maximum Gasteiger partial charge on any atom is 0.410 e. The number of nitrogens with zero attached hydrogens (tertiary/aromatic N) is 5. The standard InChI is InChI=1S/C24H35N7O2/c1-23(2,3)33-22(32)31-15-24(16-31)10-6-12-30(14-24)21-25-11-9-19(27-21)26-20-13-18(28-29-20)17-7-4-5-8-17/h9,11,13,17H,4-8,10,12,14-16H2,1-3H3,(H2,25,26,27,28,29). The second-order valence-electron chi connectivity index (χ2n) is 10.9. The summed E-state index contributed by atoms with van der Waals surface area (Å²) in [6.45, 7) is 8.94. The molecule has 9 heteroatoms. The van der Waals surface area contributed by atoms with Crippen LogP contribution >= 0.6 is 0 Å². The average Bonchev–Trinajstić information content (AvgIpc) is 3.43. The van der Waals surface area contributed by atoms with E-state index in [1.165, 1.54) is 31.4 Å². The Kier molecular flexibility index (Phi) is 5.66. The first-order chi connectivity index (χ1) is 15.8. The van der Waals surface area contributed by atoms with Crippen LogP contribution in [0.2, 0.25) is 0 Å². The first-order valence-electron chi connectivity index (χ1n) is 12.2. The Labute approximate surface area is 195 Å². The summed E-state index contributed by atoms with van der Waals surface area (Å²) in [6, 6.07) is 3.98. The van der Waals surface area contributed by atoms with Gasteiger partial charge in [0.05, 0.1) is 0 Å². The van der Waals surface area contributed by atoms with Gasteiger partial charge in [-0.2, -0.15) is 10.1 Å². The number of rotatable bonds is 4. The molecule has 0 radical (unpaired) electrons. The van der Waals surface area contributed by atoms with Crippen LogP contribution in [0.4, 0.5) is 22.4 Å². The lowest BCUT2D eigenvalue weighted by Crippen LogP contribution is -2.65. The number of hydrogen-bond donors (Lipinski definition) is 2. The Morgan fingerprint density at radius 1 is 1.18 bits per heavy atom. The van der Waals surface area contributed by atoms with Crippen molar-refractivity contribution < 1.29 is 9.53 Å². The number of aromatic amines is 1. The van der Waals surface area contributed by atoms with E-state index in [2.05, 4.69) is 31.5 Å². The molecule has 4 heterocycles. The number of ether oxygens (including phenoxy) is 1. The first-order valence-corrected chi connectivity index (χ1v) is 12.2. The van der Waals surface area contributed by atoms with Crippen molar-refractivity contribution in [1.82, 2.24) is 25.1 Å². The summed E-state index contributed by atoms with van der Waals surface area (Å²) in [7, 11) is 0. The van der Waals surface area contributed by atoms with Gasteiger partial charge in [-0.15, -0.1) is 0 Å². The lowest BCUT2D eigenvalue weighted by molar-refractivity contribution is -0.0391. The number of amides is 1. The van der Waals surface area contributed by atoms with E-state index in [1.54, 1.807) is 6.20 Å². The molecular weight excluding hydrogens is 418 g/mol. The second-order valence-corrected chi connectivity index (χ2v) is 10.9. The van der Waals surface area contributed by atoms with E-state index in [1.807, 2.05) is 31.7 Å². The van der Waals surface area contributed by atoms with Crippen LogP contribution in [0, 0.1) is 5.41 Å². The minimum Gasteiger partial charge on any atom is -0.444 e. The molecule has 1 aliphatic carbocycles. The SMILES string of the molecule is CC(C)(C)OC(=O)N1CC2(CCCN(c3nccc(Nc4cc(C5CCCC5)[nH]n4)n3)C2)C1. The summed E-state index contributed by atoms with van der Waals surface area (Å²) < 4.78 is 5.53. The predicted molar refractivity (Wildman–Crippen MR) is 127 cm³/mol. The smallest absolute Gasteiger partial charge is 0.410 e. The molecule has 2 aromatic rings. The van der Waals surface area contributed by atoms with E-state index in [9.17, 15) is 4.79 Å². The van der Waals surface area contributed by atoms with Gasteiger partial charge in [0, 0.05) is 55.5 Å². The molecule has 1 amide bonds. The van der Waals surface area contributed by atoms with Crippen LogP contribution in [0.25, 0.3) is 0 Å². The van der Waals surface area contributed by atoms with E-state index in [4.69, 9.17) is 9.72 Å². The fraction of sp³-hybridized carbons (Fsp3) is 0.667. The lowest BCUT2D eigenvalue weighted by atomic mass is 9.73. The van der Waals surface area contributed by atoms with Crippen LogP contribution < -0.4 is 10.2 Å². The fourth-order valence-corrected chi connectivity index (χ4v) is 5.40. The van der Waals surface area contributed by atoms with Crippen molar-refractivity contribution in [2.24, 2.45) is 5.41 Å². The summed E-state index contributed by atoms with van der Waals surface area (Å²) in [4.78, 5) is 25.7. The van der Waals surface area contributed by atoms with E-state index >= 15 is 0 Å². The molecule has 0 bridgehead atoms. The van der Waals surface area contributed by atoms with E-state index in [0.29, 0.717) is 5.92 Å². The number of hydrogen-bond acceptors (Lipinski definition) is 7. The number of anilines is 3. The van der Waals surface area contributed by atoms with Gasteiger partial charge in [-0.25, -0.2) is 9.78 Å². The molecule has 33 heavy (non-hydrogen) atoms. The highest BCUT2D eigenvalue weighted by Gasteiger charge is 2.49. The molecule has 2 aliphatic heterocycles. The van der Waals surface area contributed by atoms with E-state index in [0.717, 1.165) is 56.6 Å². The number of H-pyrrole nitrogens is 1. The normalized spacial score (nSPS) is 20.7. The Bertz CT molecular complexity index is 987. The highest BCUT2D eigenvalue weighted by atomic mass is 16.6. The van der Waals surface area contributed by atoms with Crippen LogP contribution in [-0.2, 0) is 4.74 Å². The van der Waals surface area contributed by atoms with Gasteiger partial charge in [0.1, 0.15) is 11.4 Å². The van der Waals surface area contributed by atoms with Gasteiger partial charge >= 0.3 is 6.09 Å². The molecule has 5 rings (SSSR count). The zero-order valence-electron chi connectivity index (χ0n) is 19.9. The summed E-state index contributed by atoms with van der Waals surface area (Å²) in [6.07, 6.45) is 8.82. The molecule has 2 saturated heterocycles. The maximum absolute atomic E-state index is 12.4. The Morgan fingerprint density at radius 2 is 1.97 bits per heavy atom. The molecule has 0 atom stereocenters. The van der Waals surface area contributed by atoms with E-state index in [-0.39, 0.29) is 11.5 Å². The third-order valence-corrected chi connectivity index (χ3v) is 6.94. The van der Waals surface area contributed by atoms with Crippen molar-refractivity contribution >= 4 is 23.7 Å². The Balaban J connectivity index is 1.21. The molecule has 0 aromatic carbocycles. The summed E-state index contributed by atoms with van der Waals surface area (Å²) in [5, 5.41) is 11.0. The highest BCUT2D eigenvalue weighted by Crippen LogP contribution is 2.40. The topological polar surface area (TPSA) is 99.3 Å². The Morgan fingerprint density at radius 3 is 2.73 bits per heavy atom. The number of piperidine rings is 1. The monoisotopic (exact) mass is 453 g/mol. The lowest BCUT2D eigenvalue weighted by Gasteiger charge is -2.54. The molecule has 1 spiro atoms. The van der Waals surface area contributed by atoms with Crippen LogP contribution in [0.3, 0.4) is 0 Å². The van der Waals surface area contributed by atoms with Gasteiger partial charge in [0.25, 0.3) is 0 Å². The quantitative estimate of drug-likeness (QED) is 0.706. The van der Waals surface area contributed by atoms with Crippen LogP contribution in [0.5, 0.6) is 0 Å². The first kappa shape index (κ1) is 22.0. The van der Waals surface area contributed by atoms with Crippen molar-refractivity contribution in [3.05, 3.63) is 24.0 Å². The fourth-order valence-electron chi connectivity index (χ4n) is 5.40. The van der Waals surface area contributed by atoms with Crippen molar-refractivity contribution in [2.45, 2.75) is 70.8 Å². The van der Waals surface area contributed by atoms with Crippen molar-refractivity contribution in [2.75, 3.05) is 36.4 Å². The van der Waals surface area contributed by atoms with Gasteiger partial charge < -0.3 is 19.9 Å².